The molecule has 61 heavy (non-hydrogen) atoms. The van der Waals surface area contributed by atoms with Crippen LogP contribution in [0.4, 0.5) is 5.69 Å². The summed E-state index contributed by atoms with van der Waals surface area (Å²) in [6, 6.07) is 33.1. The van der Waals surface area contributed by atoms with E-state index in [1.165, 1.54) is 18.6 Å². The Bertz CT molecular complexity index is 2970. The van der Waals surface area contributed by atoms with Gasteiger partial charge in [0.1, 0.15) is 17.3 Å². The van der Waals surface area contributed by atoms with Crippen LogP contribution in [0.15, 0.2) is 117 Å². The molecule has 1 aliphatic heterocycles. The molecule has 1 unspecified atom stereocenters. The van der Waals surface area contributed by atoms with Crippen molar-refractivity contribution in [1.29, 1.82) is 0 Å². The normalized spacial score (nSPS) is 15.5. The summed E-state index contributed by atoms with van der Waals surface area (Å²) in [7, 11) is 0. The van der Waals surface area contributed by atoms with Crippen molar-refractivity contribution in [3.63, 3.8) is 0 Å². The van der Waals surface area contributed by atoms with Gasteiger partial charge in [0, 0.05) is 51.6 Å². The standard InChI is InChI=1S/C28H26N4O2.C23H20N2O2/c1-16-8-7-11-24(29-16)28(33,21-9-5-4-6-10-21)22-14-20(25-17(2)32-34-18(25)3)15-23-26(22)31-27(30-23)19-12-13-19;1-13-21(14(2)27-25-13)17-10-18-12-20(15-8-9-15)24-22(18)19(11-17)23(26)16-6-4-3-5-7-16/h4-11,14-15,19,33H,12-13H2,1-3H3,(H,30,31);3-7,10-11,15H,8-9,12H2,1-2H3. The topological polar surface area (TPSA) is 143 Å². The molecule has 0 amide bonds. The lowest BCUT2D eigenvalue weighted by molar-refractivity contribution is 0.103. The van der Waals surface area contributed by atoms with E-state index in [0.717, 1.165) is 104 Å². The average molecular weight is 807 g/mol. The second-order valence-corrected chi connectivity index (χ2v) is 16.7. The van der Waals surface area contributed by atoms with Gasteiger partial charge in [-0.25, -0.2) is 4.98 Å². The van der Waals surface area contributed by atoms with E-state index in [-0.39, 0.29) is 5.78 Å². The van der Waals surface area contributed by atoms with Gasteiger partial charge in [-0.1, -0.05) is 77.0 Å². The second-order valence-electron chi connectivity index (χ2n) is 16.7. The number of hydrogen-bond donors (Lipinski definition) is 2. The molecule has 4 aromatic carbocycles. The number of benzene rings is 4. The number of aliphatic hydroxyl groups is 1. The smallest absolute Gasteiger partial charge is 0.195 e. The number of imidazole rings is 1. The van der Waals surface area contributed by atoms with Crippen molar-refractivity contribution >= 4 is 28.2 Å². The lowest BCUT2D eigenvalue weighted by Crippen LogP contribution is -2.30. The predicted molar refractivity (Wildman–Crippen MR) is 235 cm³/mol. The predicted octanol–water partition coefficient (Wildman–Crippen LogP) is 10.9. The van der Waals surface area contributed by atoms with Gasteiger partial charge in [-0.05, 0) is 125 Å². The molecule has 0 radical (unpaired) electrons. The van der Waals surface area contributed by atoms with Crippen LogP contribution in [0.3, 0.4) is 0 Å². The van der Waals surface area contributed by atoms with Gasteiger partial charge in [0.25, 0.3) is 0 Å². The van der Waals surface area contributed by atoms with Gasteiger partial charge in [0.05, 0.1) is 33.8 Å². The molecule has 2 fully saturated rings. The van der Waals surface area contributed by atoms with Crippen molar-refractivity contribution in [2.45, 2.75) is 78.2 Å². The van der Waals surface area contributed by atoms with Gasteiger partial charge in [0.2, 0.25) is 0 Å². The van der Waals surface area contributed by atoms with Crippen LogP contribution in [0.1, 0.15) is 104 Å². The van der Waals surface area contributed by atoms with Crippen molar-refractivity contribution in [3.05, 3.63) is 171 Å². The molecule has 10 heteroatoms. The summed E-state index contributed by atoms with van der Waals surface area (Å²) in [4.78, 5) is 31.5. The van der Waals surface area contributed by atoms with Gasteiger partial charge < -0.3 is 19.1 Å². The Kier molecular flexibility index (Phi) is 9.48. The maximum Gasteiger partial charge on any atom is 0.195 e. The summed E-state index contributed by atoms with van der Waals surface area (Å²) in [5, 5.41) is 20.9. The van der Waals surface area contributed by atoms with Crippen molar-refractivity contribution in [2.24, 2.45) is 10.9 Å². The molecule has 2 N–H and O–H groups in total. The highest BCUT2D eigenvalue weighted by molar-refractivity contribution is 6.15. The van der Waals surface area contributed by atoms with E-state index in [4.69, 9.17) is 24.0 Å². The Morgan fingerprint density at radius 3 is 1.97 bits per heavy atom. The number of nitrogens with zero attached hydrogens (tertiary/aromatic N) is 5. The Labute approximate surface area is 353 Å². The van der Waals surface area contributed by atoms with Crippen LogP contribution in [0.5, 0.6) is 0 Å². The first-order valence-electron chi connectivity index (χ1n) is 21.0. The van der Waals surface area contributed by atoms with Crippen molar-refractivity contribution in [2.75, 3.05) is 0 Å². The lowest BCUT2D eigenvalue weighted by atomic mass is 9.81. The zero-order valence-electron chi connectivity index (χ0n) is 34.9. The third-order valence-electron chi connectivity index (χ3n) is 12.2. The fourth-order valence-electron chi connectivity index (χ4n) is 8.82. The number of nitrogens with one attached hydrogen (secondary N) is 1. The number of aromatic nitrogens is 5. The number of ketones is 1. The molecule has 0 spiro atoms. The minimum atomic E-state index is -1.50. The van der Waals surface area contributed by atoms with E-state index in [1.807, 2.05) is 126 Å². The first kappa shape index (κ1) is 38.4. The Hall–Kier alpha value is -6.78. The summed E-state index contributed by atoms with van der Waals surface area (Å²) in [5.41, 5.74) is 13.0. The number of fused-ring (bicyclic) bond motifs is 2. The third-order valence-corrected chi connectivity index (χ3v) is 12.2. The molecule has 1 atom stereocenters. The number of H-pyrrole nitrogens is 1. The SMILES string of the molecule is Cc1cccc(C(O)(c2ccccc2)c2cc(-c3c(C)noc3C)cc3[nH]c(C4CC4)nc23)n1.Cc1noc(C)c1-c1cc2c(c(C(=O)c3ccccc3)c1)N=C(C1CC1)C2. The molecule has 304 valence electrons. The molecular weight excluding hydrogens is 761 g/mol. The summed E-state index contributed by atoms with van der Waals surface area (Å²) in [5.74, 6) is 3.54. The van der Waals surface area contributed by atoms with E-state index >= 15 is 0 Å². The largest absolute Gasteiger partial charge is 0.374 e. The molecule has 2 saturated carbocycles. The van der Waals surface area contributed by atoms with E-state index in [0.29, 0.717) is 34.2 Å². The quantitative estimate of drug-likeness (QED) is 0.137. The fourth-order valence-corrected chi connectivity index (χ4v) is 8.82. The number of carbonyl (C=O) groups is 1. The van der Waals surface area contributed by atoms with E-state index in [1.54, 1.807) is 0 Å². The van der Waals surface area contributed by atoms with Crippen molar-refractivity contribution in [3.8, 4) is 22.3 Å². The lowest BCUT2D eigenvalue weighted by Gasteiger charge is -2.30. The minimum absolute atomic E-state index is 0.0151. The number of aromatic amines is 1. The third kappa shape index (κ3) is 7.00. The maximum absolute atomic E-state index is 13.3. The zero-order valence-corrected chi connectivity index (χ0v) is 34.9. The van der Waals surface area contributed by atoms with E-state index < -0.39 is 5.60 Å². The molecule has 10 nitrogen and oxygen atoms in total. The molecule has 4 aromatic heterocycles. The van der Waals surface area contributed by atoms with Crippen LogP contribution < -0.4 is 0 Å². The first-order valence-corrected chi connectivity index (χ1v) is 21.0. The number of pyridine rings is 1. The summed E-state index contributed by atoms with van der Waals surface area (Å²) in [6.45, 7) is 9.62. The molecule has 3 aliphatic rings. The highest BCUT2D eigenvalue weighted by atomic mass is 16.5. The number of rotatable bonds is 9. The first-order chi connectivity index (χ1) is 29.6. The van der Waals surface area contributed by atoms with Crippen LogP contribution in [-0.4, -0.2) is 41.9 Å². The molecule has 0 bridgehead atoms. The summed E-state index contributed by atoms with van der Waals surface area (Å²) in [6.07, 6.45) is 5.53. The Balaban J connectivity index is 0.000000150. The Morgan fingerprint density at radius 1 is 0.721 bits per heavy atom. The van der Waals surface area contributed by atoms with Gasteiger partial charge >= 0.3 is 0 Å². The van der Waals surface area contributed by atoms with Crippen LogP contribution >= 0.6 is 0 Å². The minimum Gasteiger partial charge on any atom is -0.374 e. The summed E-state index contributed by atoms with van der Waals surface area (Å²) < 4.78 is 10.8. The van der Waals surface area contributed by atoms with Gasteiger partial charge in [-0.3, -0.25) is 14.8 Å². The number of hydrogen-bond acceptors (Lipinski definition) is 9. The maximum atomic E-state index is 13.3. The zero-order chi connectivity index (χ0) is 42.0. The molecule has 2 aliphatic carbocycles. The monoisotopic (exact) mass is 806 g/mol. The van der Waals surface area contributed by atoms with Gasteiger partial charge in [-0.2, -0.15) is 0 Å². The molecule has 8 aromatic rings. The van der Waals surface area contributed by atoms with E-state index in [2.05, 4.69) is 27.4 Å². The molecule has 0 saturated heterocycles. The van der Waals surface area contributed by atoms with Crippen LogP contribution in [0.2, 0.25) is 0 Å². The summed E-state index contributed by atoms with van der Waals surface area (Å²) >= 11 is 0. The van der Waals surface area contributed by atoms with Crippen molar-refractivity contribution < 1.29 is 18.9 Å². The molecule has 5 heterocycles. The van der Waals surface area contributed by atoms with Crippen LogP contribution in [0.25, 0.3) is 33.3 Å². The highest BCUT2D eigenvalue weighted by Gasteiger charge is 2.39. The van der Waals surface area contributed by atoms with Crippen LogP contribution in [-0.2, 0) is 12.0 Å². The number of aryl methyl sites for hydroxylation is 5. The number of carbonyl (C=O) groups excluding carboxylic acids is 1. The van der Waals surface area contributed by atoms with Gasteiger partial charge in [-0.15, -0.1) is 0 Å². The van der Waals surface area contributed by atoms with Gasteiger partial charge in [0.15, 0.2) is 11.4 Å². The van der Waals surface area contributed by atoms with Crippen molar-refractivity contribution in [1.82, 2.24) is 25.3 Å². The molecular formula is C51H46N6O4. The fraction of sp³-hybridized carbons (Fsp3) is 0.255. The highest BCUT2D eigenvalue weighted by Crippen LogP contribution is 2.46. The second kappa shape index (κ2) is 15.0. The van der Waals surface area contributed by atoms with E-state index in [9.17, 15) is 9.90 Å². The van der Waals surface area contributed by atoms with Crippen LogP contribution in [0, 0.1) is 40.5 Å². The average Bonchev–Trinajstić information content (AvgIpc) is 4.17. The Morgan fingerprint density at radius 2 is 1.36 bits per heavy atom. The number of aliphatic imine (C=N–C) groups is 1. The molecule has 11 rings (SSSR count).